The summed E-state index contributed by atoms with van der Waals surface area (Å²) in [6, 6.07) is 22.6. The maximum absolute atomic E-state index is 4.64. The van der Waals surface area contributed by atoms with Gasteiger partial charge >= 0.3 is 0 Å². The number of hydrogen-bond acceptors (Lipinski definition) is 2. The maximum Gasteiger partial charge on any atom is 0.0780 e. The van der Waals surface area contributed by atoms with Crippen molar-refractivity contribution in [1.82, 2.24) is 9.97 Å². The summed E-state index contributed by atoms with van der Waals surface area (Å²) >= 11 is 0. The Labute approximate surface area is 141 Å². The van der Waals surface area contributed by atoms with Crippen LogP contribution in [0.2, 0.25) is 0 Å². The molecule has 2 heteroatoms. The van der Waals surface area contributed by atoms with Crippen molar-refractivity contribution >= 4 is 17.0 Å². The maximum atomic E-state index is 4.64. The normalized spacial score (nSPS) is 10.7. The second kappa shape index (κ2) is 6.09. The van der Waals surface area contributed by atoms with E-state index < -0.39 is 0 Å². The van der Waals surface area contributed by atoms with Gasteiger partial charge in [-0.15, -0.1) is 0 Å². The summed E-state index contributed by atoms with van der Waals surface area (Å²) in [6.45, 7) is 3.81. The standard InChI is InChI=1S/C22H16N2/c1-2-16-9-11-17(12-10-16)22-20(7-5-14-24-22)18-13-15-23-21-8-4-3-6-19(18)21/h2-15H,1H2. The molecule has 24 heavy (non-hydrogen) atoms. The third-order valence-corrected chi connectivity index (χ3v) is 4.17. The van der Waals surface area contributed by atoms with Crippen LogP contribution in [-0.2, 0) is 0 Å². The lowest BCUT2D eigenvalue weighted by Crippen LogP contribution is -1.91. The number of pyridine rings is 2. The molecule has 0 N–H and O–H groups in total. The van der Waals surface area contributed by atoms with Gasteiger partial charge in [-0.3, -0.25) is 9.97 Å². The molecule has 0 saturated heterocycles. The molecule has 4 rings (SSSR count). The van der Waals surface area contributed by atoms with Crippen LogP contribution >= 0.6 is 0 Å². The van der Waals surface area contributed by atoms with Gasteiger partial charge in [0, 0.05) is 28.9 Å². The predicted molar refractivity (Wildman–Crippen MR) is 101 cm³/mol. The highest BCUT2D eigenvalue weighted by atomic mass is 14.7. The summed E-state index contributed by atoms with van der Waals surface area (Å²) in [7, 11) is 0. The molecule has 0 unspecified atom stereocenters. The van der Waals surface area contributed by atoms with Crippen LogP contribution in [0.5, 0.6) is 0 Å². The van der Waals surface area contributed by atoms with Gasteiger partial charge in [-0.25, -0.2) is 0 Å². The Bertz CT molecular complexity index is 1010. The van der Waals surface area contributed by atoms with Gasteiger partial charge in [-0.2, -0.15) is 0 Å². The fraction of sp³-hybridized carbons (Fsp3) is 0. The second-order valence-corrected chi connectivity index (χ2v) is 5.60. The monoisotopic (exact) mass is 308 g/mol. The van der Waals surface area contributed by atoms with Crippen LogP contribution in [0.1, 0.15) is 5.56 Å². The fourth-order valence-corrected chi connectivity index (χ4v) is 2.96. The minimum Gasteiger partial charge on any atom is -0.256 e. The van der Waals surface area contributed by atoms with Gasteiger partial charge in [-0.1, -0.05) is 61.2 Å². The quantitative estimate of drug-likeness (QED) is 0.492. The van der Waals surface area contributed by atoms with E-state index in [9.17, 15) is 0 Å². The first-order valence-corrected chi connectivity index (χ1v) is 7.89. The largest absolute Gasteiger partial charge is 0.256 e. The molecule has 0 saturated carbocycles. The number of aromatic nitrogens is 2. The van der Waals surface area contributed by atoms with Gasteiger partial charge in [0.1, 0.15) is 0 Å². The van der Waals surface area contributed by atoms with E-state index in [2.05, 4.69) is 59.0 Å². The van der Waals surface area contributed by atoms with Crippen molar-refractivity contribution in [2.24, 2.45) is 0 Å². The minimum absolute atomic E-state index is 0.976. The van der Waals surface area contributed by atoms with E-state index in [0.717, 1.165) is 38.9 Å². The van der Waals surface area contributed by atoms with Crippen LogP contribution in [0.25, 0.3) is 39.4 Å². The SMILES string of the molecule is C=Cc1ccc(-c2ncccc2-c2ccnc3ccccc23)cc1. The summed E-state index contributed by atoms with van der Waals surface area (Å²) in [5.41, 5.74) is 6.43. The first-order chi connectivity index (χ1) is 11.9. The zero-order valence-electron chi connectivity index (χ0n) is 13.2. The van der Waals surface area contributed by atoms with E-state index in [0.29, 0.717) is 0 Å². The average molecular weight is 308 g/mol. The lowest BCUT2D eigenvalue weighted by Gasteiger charge is -2.11. The molecular weight excluding hydrogens is 292 g/mol. The second-order valence-electron chi connectivity index (χ2n) is 5.60. The van der Waals surface area contributed by atoms with Gasteiger partial charge in [0.05, 0.1) is 11.2 Å². The Kier molecular flexibility index (Phi) is 3.64. The van der Waals surface area contributed by atoms with Crippen molar-refractivity contribution in [3.05, 3.63) is 91.3 Å². The highest BCUT2D eigenvalue weighted by molar-refractivity contribution is 5.97. The molecule has 0 aliphatic rings. The number of rotatable bonds is 3. The van der Waals surface area contributed by atoms with E-state index in [1.807, 2.05) is 42.7 Å². The van der Waals surface area contributed by atoms with Crippen molar-refractivity contribution in [3.63, 3.8) is 0 Å². The molecule has 0 bridgehead atoms. The number of hydrogen-bond donors (Lipinski definition) is 0. The van der Waals surface area contributed by atoms with Crippen molar-refractivity contribution in [3.8, 4) is 22.4 Å². The molecule has 2 aromatic carbocycles. The summed E-state index contributed by atoms with van der Waals surface area (Å²) in [6.07, 6.45) is 5.54. The zero-order chi connectivity index (χ0) is 16.4. The molecule has 2 heterocycles. The first kappa shape index (κ1) is 14.3. The van der Waals surface area contributed by atoms with Crippen molar-refractivity contribution in [1.29, 1.82) is 0 Å². The molecule has 2 aromatic heterocycles. The first-order valence-electron chi connectivity index (χ1n) is 7.89. The highest BCUT2D eigenvalue weighted by Gasteiger charge is 2.11. The van der Waals surface area contributed by atoms with E-state index >= 15 is 0 Å². The third kappa shape index (κ3) is 2.48. The Morgan fingerprint density at radius 2 is 1.54 bits per heavy atom. The lowest BCUT2D eigenvalue weighted by molar-refractivity contribution is 1.32. The number of benzene rings is 2. The van der Waals surface area contributed by atoms with E-state index in [1.54, 1.807) is 0 Å². The van der Waals surface area contributed by atoms with Gasteiger partial charge in [0.15, 0.2) is 0 Å². The van der Waals surface area contributed by atoms with Crippen molar-refractivity contribution in [2.75, 3.05) is 0 Å². The Morgan fingerprint density at radius 3 is 2.38 bits per heavy atom. The molecule has 2 nitrogen and oxygen atoms in total. The summed E-state index contributed by atoms with van der Waals surface area (Å²) in [4.78, 5) is 9.10. The topological polar surface area (TPSA) is 25.8 Å². The average Bonchev–Trinajstić information content (AvgIpc) is 2.68. The van der Waals surface area contributed by atoms with Crippen LogP contribution in [0.4, 0.5) is 0 Å². The van der Waals surface area contributed by atoms with Gasteiger partial charge in [0.2, 0.25) is 0 Å². The van der Waals surface area contributed by atoms with Crippen LogP contribution in [0.15, 0.2) is 85.7 Å². The Balaban J connectivity index is 1.94. The molecule has 4 aromatic rings. The van der Waals surface area contributed by atoms with Crippen LogP contribution in [0, 0.1) is 0 Å². The van der Waals surface area contributed by atoms with E-state index in [4.69, 9.17) is 0 Å². The summed E-state index contributed by atoms with van der Waals surface area (Å²) in [5.74, 6) is 0. The molecule has 0 aliphatic heterocycles. The van der Waals surface area contributed by atoms with Crippen LogP contribution in [-0.4, -0.2) is 9.97 Å². The lowest BCUT2D eigenvalue weighted by atomic mass is 9.96. The highest BCUT2D eigenvalue weighted by Crippen LogP contribution is 2.34. The fourth-order valence-electron chi connectivity index (χ4n) is 2.96. The number of nitrogens with zero attached hydrogens (tertiary/aromatic N) is 2. The molecule has 0 atom stereocenters. The smallest absolute Gasteiger partial charge is 0.0780 e. The van der Waals surface area contributed by atoms with Gasteiger partial charge in [0.25, 0.3) is 0 Å². The molecule has 0 fully saturated rings. The Morgan fingerprint density at radius 1 is 0.708 bits per heavy atom. The summed E-state index contributed by atoms with van der Waals surface area (Å²) < 4.78 is 0. The molecule has 0 amide bonds. The molecule has 0 aliphatic carbocycles. The van der Waals surface area contributed by atoms with E-state index in [1.165, 1.54) is 0 Å². The minimum atomic E-state index is 0.976. The summed E-state index contributed by atoms with van der Waals surface area (Å²) in [5, 5.41) is 1.14. The van der Waals surface area contributed by atoms with Gasteiger partial charge < -0.3 is 0 Å². The third-order valence-electron chi connectivity index (χ3n) is 4.17. The van der Waals surface area contributed by atoms with Gasteiger partial charge in [-0.05, 0) is 29.3 Å². The zero-order valence-corrected chi connectivity index (χ0v) is 13.2. The molecule has 0 spiro atoms. The van der Waals surface area contributed by atoms with Crippen molar-refractivity contribution < 1.29 is 0 Å². The number of fused-ring (bicyclic) bond motifs is 1. The molecule has 0 radical (unpaired) electrons. The van der Waals surface area contributed by atoms with Crippen molar-refractivity contribution in [2.45, 2.75) is 0 Å². The van der Waals surface area contributed by atoms with Crippen LogP contribution < -0.4 is 0 Å². The van der Waals surface area contributed by atoms with E-state index in [-0.39, 0.29) is 0 Å². The predicted octanol–water partition coefficient (Wildman–Crippen LogP) is 5.61. The number of para-hydroxylation sites is 1. The molecule has 114 valence electrons. The van der Waals surface area contributed by atoms with Crippen LogP contribution in [0.3, 0.4) is 0 Å². The Hall–Kier alpha value is -3.26. The molecular formula is C22H16N2.